The van der Waals surface area contributed by atoms with Gasteiger partial charge >= 0.3 is 0 Å². The van der Waals surface area contributed by atoms with Crippen molar-refractivity contribution in [2.75, 3.05) is 4.72 Å². The third kappa shape index (κ3) is 3.30. The summed E-state index contributed by atoms with van der Waals surface area (Å²) in [6, 6.07) is 13.0. The van der Waals surface area contributed by atoms with Gasteiger partial charge in [0.05, 0.1) is 5.69 Å². The van der Waals surface area contributed by atoms with E-state index in [0.29, 0.717) is 11.4 Å². The van der Waals surface area contributed by atoms with E-state index in [1.54, 1.807) is 44.3 Å². The van der Waals surface area contributed by atoms with Crippen molar-refractivity contribution < 1.29 is 12.8 Å². The molecule has 1 aromatic heterocycles. The van der Waals surface area contributed by atoms with E-state index in [0.717, 1.165) is 11.1 Å². The van der Waals surface area contributed by atoms with Crippen molar-refractivity contribution >= 4 is 15.7 Å². The van der Waals surface area contributed by atoms with Crippen LogP contribution in [0, 0.1) is 12.7 Å². The van der Waals surface area contributed by atoms with Crippen molar-refractivity contribution in [1.29, 1.82) is 0 Å². The smallest absolute Gasteiger partial charge is 0.265 e. The fourth-order valence-electron chi connectivity index (χ4n) is 2.46. The maximum atomic E-state index is 13.0. The second-order valence-electron chi connectivity index (χ2n) is 5.45. The van der Waals surface area contributed by atoms with Gasteiger partial charge in [-0.1, -0.05) is 24.3 Å². The van der Waals surface area contributed by atoms with Crippen LogP contribution in [-0.4, -0.2) is 18.2 Å². The Kier molecular flexibility index (Phi) is 4.11. The van der Waals surface area contributed by atoms with Crippen LogP contribution in [0.1, 0.15) is 5.69 Å². The number of aryl methyl sites for hydroxylation is 2. The van der Waals surface area contributed by atoms with E-state index >= 15 is 0 Å². The molecule has 0 spiro atoms. The lowest BCUT2D eigenvalue weighted by Crippen LogP contribution is -2.13. The highest BCUT2D eigenvalue weighted by molar-refractivity contribution is 7.92. The maximum Gasteiger partial charge on any atom is 0.265 e. The van der Waals surface area contributed by atoms with Gasteiger partial charge in [-0.2, -0.15) is 5.10 Å². The number of nitrogens with one attached hydrogen (secondary N) is 1. The summed E-state index contributed by atoms with van der Waals surface area (Å²) in [5.41, 5.74) is 2.45. The molecule has 0 atom stereocenters. The van der Waals surface area contributed by atoms with Crippen LogP contribution in [0.3, 0.4) is 0 Å². The Labute approximate surface area is 139 Å². The molecular formula is C17H16FN3O2S. The molecule has 124 valence electrons. The second kappa shape index (κ2) is 6.09. The third-order valence-corrected chi connectivity index (χ3v) is 5.03. The van der Waals surface area contributed by atoms with Gasteiger partial charge in [0, 0.05) is 18.9 Å². The molecule has 7 heteroatoms. The zero-order chi connectivity index (χ0) is 17.3. The summed E-state index contributed by atoms with van der Waals surface area (Å²) in [6.45, 7) is 1.64. The van der Waals surface area contributed by atoms with Crippen LogP contribution in [0.15, 0.2) is 59.6 Å². The Morgan fingerprint density at radius 3 is 2.42 bits per heavy atom. The van der Waals surface area contributed by atoms with E-state index in [2.05, 4.69) is 9.82 Å². The summed E-state index contributed by atoms with van der Waals surface area (Å²) in [6.07, 6.45) is 1.46. The zero-order valence-corrected chi connectivity index (χ0v) is 14.0. The lowest BCUT2D eigenvalue weighted by molar-refractivity contribution is 0.600. The predicted molar refractivity (Wildman–Crippen MR) is 90.6 cm³/mol. The topological polar surface area (TPSA) is 64.0 Å². The molecule has 2 aromatic carbocycles. The molecule has 5 nitrogen and oxygen atoms in total. The standard InChI is InChI=1S/C17H16FN3O2S/c1-12-17(11-21(2)19-12)24(22,23)20-16-5-3-4-14(10-16)13-6-8-15(18)9-7-13/h3-11,20H,1-2H3. The first-order valence-electron chi connectivity index (χ1n) is 7.24. The SMILES string of the molecule is Cc1nn(C)cc1S(=O)(=O)Nc1cccc(-c2ccc(F)cc2)c1. The Morgan fingerprint density at radius 2 is 1.79 bits per heavy atom. The molecule has 1 heterocycles. The summed E-state index contributed by atoms with van der Waals surface area (Å²) in [7, 11) is -2.05. The maximum absolute atomic E-state index is 13.0. The molecule has 3 aromatic rings. The van der Waals surface area contributed by atoms with Gasteiger partial charge in [-0.05, 0) is 42.3 Å². The van der Waals surface area contributed by atoms with Gasteiger partial charge in [0.25, 0.3) is 10.0 Å². The molecule has 0 aliphatic carbocycles. The molecule has 0 saturated heterocycles. The predicted octanol–water partition coefficient (Wildman–Crippen LogP) is 3.34. The number of halogens is 1. The van der Waals surface area contributed by atoms with Crippen LogP contribution < -0.4 is 4.72 Å². The minimum Gasteiger partial charge on any atom is -0.280 e. The molecule has 0 saturated carbocycles. The Hall–Kier alpha value is -2.67. The van der Waals surface area contributed by atoms with Crippen molar-refractivity contribution in [3.63, 3.8) is 0 Å². The van der Waals surface area contributed by atoms with Gasteiger partial charge in [-0.3, -0.25) is 9.40 Å². The molecule has 0 aliphatic rings. The molecule has 0 bridgehead atoms. The molecule has 0 radical (unpaired) electrons. The number of hydrogen-bond acceptors (Lipinski definition) is 3. The van der Waals surface area contributed by atoms with Gasteiger partial charge in [0.2, 0.25) is 0 Å². The third-order valence-electron chi connectivity index (χ3n) is 3.55. The van der Waals surface area contributed by atoms with Crippen molar-refractivity contribution in [3.8, 4) is 11.1 Å². The lowest BCUT2D eigenvalue weighted by atomic mass is 10.1. The molecule has 3 rings (SSSR count). The van der Waals surface area contributed by atoms with Crippen LogP contribution in [0.5, 0.6) is 0 Å². The Bertz CT molecular complexity index is 979. The van der Waals surface area contributed by atoms with E-state index in [4.69, 9.17) is 0 Å². The molecular weight excluding hydrogens is 329 g/mol. The van der Waals surface area contributed by atoms with Crippen LogP contribution in [0.25, 0.3) is 11.1 Å². The van der Waals surface area contributed by atoms with E-state index in [9.17, 15) is 12.8 Å². The van der Waals surface area contributed by atoms with Gasteiger partial charge < -0.3 is 0 Å². The highest BCUT2D eigenvalue weighted by atomic mass is 32.2. The van der Waals surface area contributed by atoms with Crippen LogP contribution in [-0.2, 0) is 17.1 Å². The number of rotatable bonds is 4. The van der Waals surface area contributed by atoms with E-state index in [1.807, 2.05) is 6.07 Å². The summed E-state index contributed by atoms with van der Waals surface area (Å²) >= 11 is 0. The van der Waals surface area contributed by atoms with E-state index in [1.165, 1.54) is 23.0 Å². The summed E-state index contributed by atoms with van der Waals surface area (Å²) in [5, 5.41) is 4.05. The van der Waals surface area contributed by atoms with Crippen molar-refractivity contribution in [2.24, 2.45) is 7.05 Å². The average molecular weight is 345 g/mol. The summed E-state index contributed by atoms with van der Waals surface area (Å²) in [4.78, 5) is 0.136. The minimum atomic E-state index is -3.72. The summed E-state index contributed by atoms with van der Waals surface area (Å²) in [5.74, 6) is -0.317. The van der Waals surface area contributed by atoms with Crippen molar-refractivity contribution in [1.82, 2.24) is 9.78 Å². The largest absolute Gasteiger partial charge is 0.280 e. The number of aromatic nitrogens is 2. The highest BCUT2D eigenvalue weighted by Crippen LogP contribution is 2.25. The fraction of sp³-hybridized carbons (Fsp3) is 0.118. The molecule has 0 fully saturated rings. The number of anilines is 1. The first kappa shape index (κ1) is 16.2. The van der Waals surface area contributed by atoms with Crippen molar-refractivity contribution in [3.05, 3.63) is 66.2 Å². The zero-order valence-electron chi connectivity index (χ0n) is 13.2. The first-order valence-corrected chi connectivity index (χ1v) is 8.72. The quantitative estimate of drug-likeness (QED) is 0.789. The summed E-state index contributed by atoms with van der Waals surface area (Å²) < 4.78 is 42.1. The van der Waals surface area contributed by atoms with Gasteiger partial charge in [-0.25, -0.2) is 12.8 Å². The van der Waals surface area contributed by atoms with Gasteiger partial charge in [0.1, 0.15) is 10.7 Å². The highest BCUT2D eigenvalue weighted by Gasteiger charge is 2.20. The fourth-order valence-corrected chi connectivity index (χ4v) is 3.72. The molecule has 0 unspecified atom stereocenters. The Morgan fingerprint density at radius 1 is 1.08 bits per heavy atom. The average Bonchev–Trinajstić information content (AvgIpc) is 2.87. The van der Waals surface area contributed by atoms with E-state index in [-0.39, 0.29) is 10.7 Å². The first-order chi connectivity index (χ1) is 11.3. The number of sulfonamides is 1. The minimum absolute atomic E-state index is 0.136. The molecule has 24 heavy (non-hydrogen) atoms. The van der Waals surface area contributed by atoms with Crippen LogP contribution in [0.4, 0.5) is 10.1 Å². The second-order valence-corrected chi connectivity index (χ2v) is 7.10. The van der Waals surface area contributed by atoms with Gasteiger partial charge in [-0.15, -0.1) is 0 Å². The molecule has 1 N–H and O–H groups in total. The normalized spacial score (nSPS) is 11.5. The number of hydrogen-bond donors (Lipinski definition) is 1. The number of benzene rings is 2. The van der Waals surface area contributed by atoms with Crippen LogP contribution in [0.2, 0.25) is 0 Å². The molecule has 0 aliphatic heterocycles. The van der Waals surface area contributed by atoms with Crippen molar-refractivity contribution in [2.45, 2.75) is 11.8 Å². The molecule has 0 amide bonds. The van der Waals surface area contributed by atoms with E-state index < -0.39 is 10.0 Å². The lowest BCUT2D eigenvalue weighted by Gasteiger charge is -2.09. The van der Waals surface area contributed by atoms with Gasteiger partial charge in [0.15, 0.2) is 0 Å². The van der Waals surface area contributed by atoms with Crippen LogP contribution >= 0.6 is 0 Å². The monoisotopic (exact) mass is 345 g/mol. The Balaban J connectivity index is 1.92. The number of nitrogens with zero attached hydrogens (tertiary/aromatic N) is 2.